The fourth-order valence-corrected chi connectivity index (χ4v) is 5.48. The molecule has 28 heavy (non-hydrogen) atoms. The Morgan fingerprint density at radius 3 is 2.54 bits per heavy atom. The van der Waals surface area contributed by atoms with Crippen molar-refractivity contribution >= 4 is 0 Å². The Hall–Kier alpha value is -1.05. The van der Waals surface area contributed by atoms with Crippen LogP contribution in [-0.2, 0) is 20.8 Å². The second kappa shape index (κ2) is 7.33. The summed E-state index contributed by atoms with van der Waals surface area (Å²) in [6.07, 6.45) is 1.57. The lowest BCUT2D eigenvalue weighted by atomic mass is 9.58. The smallest absolute Gasteiger partial charge is 0.193 e. The zero-order chi connectivity index (χ0) is 20.1. The van der Waals surface area contributed by atoms with Crippen LogP contribution < -0.4 is 0 Å². The lowest BCUT2D eigenvalue weighted by Crippen LogP contribution is -2.67. The average Bonchev–Trinajstić information content (AvgIpc) is 2.74. The molecule has 2 heterocycles. The molecular formula is C22H31FO5. The summed E-state index contributed by atoms with van der Waals surface area (Å²) in [5, 5.41) is 22.4. The highest BCUT2D eigenvalue weighted by Gasteiger charge is 2.63. The first-order valence-electron chi connectivity index (χ1n) is 10.3. The van der Waals surface area contributed by atoms with Crippen molar-refractivity contribution in [3.63, 3.8) is 0 Å². The maximum absolute atomic E-state index is 13.1. The molecule has 0 spiro atoms. The molecule has 156 valence electrons. The summed E-state index contributed by atoms with van der Waals surface area (Å²) in [7, 11) is 0. The zero-order valence-corrected chi connectivity index (χ0v) is 16.8. The van der Waals surface area contributed by atoms with Gasteiger partial charge < -0.3 is 24.4 Å². The Bertz CT molecular complexity index is 693. The minimum absolute atomic E-state index is 0.0192. The number of hydrogen-bond donors (Lipinski definition) is 2. The highest BCUT2D eigenvalue weighted by molar-refractivity contribution is 5.15. The first kappa shape index (κ1) is 20.2. The van der Waals surface area contributed by atoms with Gasteiger partial charge in [0.2, 0.25) is 0 Å². The molecule has 3 unspecified atom stereocenters. The monoisotopic (exact) mass is 394 g/mol. The van der Waals surface area contributed by atoms with Gasteiger partial charge in [-0.2, -0.15) is 0 Å². The van der Waals surface area contributed by atoms with Gasteiger partial charge in [-0.05, 0) is 55.7 Å². The molecule has 8 atom stereocenters. The van der Waals surface area contributed by atoms with E-state index in [4.69, 9.17) is 14.2 Å². The summed E-state index contributed by atoms with van der Waals surface area (Å²) in [4.78, 5) is 0. The van der Waals surface area contributed by atoms with Crippen molar-refractivity contribution in [2.45, 2.75) is 77.0 Å². The van der Waals surface area contributed by atoms with E-state index in [2.05, 4.69) is 6.92 Å². The second-order valence-electron chi connectivity index (χ2n) is 9.12. The van der Waals surface area contributed by atoms with Gasteiger partial charge in [-0.15, -0.1) is 0 Å². The molecule has 5 nitrogen and oxygen atoms in total. The van der Waals surface area contributed by atoms with Crippen LogP contribution in [0.2, 0.25) is 0 Å². The zero-order valence-electron chi connectivity index (χ0n) is 16.8. The molecule has 0 radical (unpaired) electrons. The summed E-state index contributed by atoms with van der Waals surface area (Å²) in [6.45, 7) is 6.12. The van der Waals surface area contributed by atoms with Gasteiger partial charge in [0.1, 0.15) is 11.4 Å². The summed E-state index contributed by atoms with van der Waals surface area (Å²) < 4.78 is 31.2. The van der Waals surface area contributed by atoms with Gasteiger partial charge in [0.25, 0.3) is 0 Å². The Kier molecular flexibility index (Phi) is 5.30. The summed E-state index contributed by atoms with van der Waals surface area (Å²) in [5.74, 6) is -1.32. The lowest BCUT2D eigenvalue weighted by molar-refractivity contribution is -0.409. The van der Waals surface area contributed by atoms with E-state index in [1.165, 1.54) is 12.1 Å². The van der Waals surface area contributed by atoms with E-state index in [1.807, 2.05) is 6.92 Å². The third kappa shape index (κ3) is 3.50. The van der Waals surface area contributed by atoms with Crippen LogP contribution in [-0.4, -0.2) is 34.2 Å². The minimum Gasteiger partial charge on any atom is -0.384 e. The van der Waals surface area contributed by atoms with Gasteiger partial charge in [-0.25, -0.2) is 4.39 Å². The molecule has 2 aliphatic heterocycles. The van der Waals surface area contributed by atoms with Crippen molar-refractivity contribution in [3.05, 3.63) is 35.6 Å². The van der Waals surface area contributed by atoms with E-state index in [1.54, 1.807) is 19.1 Å². The number of aliphatic hydroxyl groups is 2. The van der Waals surface area contributed by atoms with E-state index in [0.29, 0.717) is 18.8 Å². The summed E-state index contributed by atoms with van der Waals surface area (Å²) >= 11 is 0. The van der Waals surface area contributed by atoms with Crippen LogP contribution >= 0.6 is 0 Å². The quantitative estimate of drug-likeness (QED) is 0.820. The van der Waals surface area contributed by atoms with Crippen LogP contribution in [0.4, 0.5) is 4.39 Å². The van der Waals surface area contributed by atoms with Crippen LogP contribution in [0.1, 0.15) is 52.0 Å². The molecular weight excluding hydrogens is 363 g/mol. The number of rotatable bonds is 3. The number of hydrogen-bond acceptors (Lipinski definition) is 5. The Morgan fingerprint density at radius 2 is 1.82 bits per heavy atom. The molecule has 0 bridgehead atoms. The van der Waals surface area contributed by atoms with Crippen molar-refractivity contribution in [1.29, 1.82) is 0 Å². The van der Waals surface area contributed by atoms with Gasteiger partial charge in [0, 0.05) is 18.3 Å². The fourth-order valence-electron chi connectivity index (χ4n) is 5.48. The number of benzene rings is 1. The van der Waals surface area contributed by atoms with E-state index >= 15 is 0 Å². The predicted molar refractivity (Wildman–Crippen MR) is 100 cm³/mol. The molecule has 1 saturated carbocycles. The molecule has 1 aromatic carbocycles. The van der Waals surface area contributed by atoms with Gasteiger partial charge >= 0.3 is 0 Å². The van der Waals surface area contributed by atoms with Gasteiger partial charge in [-0.3, -0.25) is 0 Å². The third-order valence-corrected chi connectivity index (χ3v) is 7.11. The fraction of sp³-hybridized carbons (Fsp3) is 0.727. The maximum atomic E-state index is 13.1. The molecule has 1 aliphatic carbocycles. The Labute approximate surface area is 165 Å². The molecule has 0 aromatic heterocycles. The van der Waals surface area contributed by atoms with Crippen LogP contribution in [0, 0.1) is 29.5 Å². The largest absolute Gasteiger partial charge is 0.384 e. The van der Waals surface area contributed by atoms with Crippen molar-refractivity contribution < 1.29 is 28.8 Å². The number of halogens is 1. The molecule has 4 rings (SSSR count). The molecule has 3 aliphatic rings. The topological polar surface area (TPSA) is 68.2 Å². The van der Waals surface area contributed by atoms with Crippen LogP contribution in [0.5, 0.6) is 0 Å². The normalized spacial score (nSPS) is 45.9. The summed E-state index contributed by atoms with van der Waals surface area (Å²) in [6, 6.07) is 6.18. The molecule has 3 fully saturated rings. The highest BCUT2D eigenvalue weighted by Crippen LogP contribution is 2.55. The molecule has 2 N–H and O–H groups in total. The average molecular weight is 394 g/mol. The molecule has 2 saturated heterocycles. The second-order valence-corrected chi connectivity index (χ2v) is 9.12. The van der Waals surface area contributed by atoms with Crippen LogP contribution in [0.3, 0.4) is 0 Å². The molecule has 0 amide bonds. The van der Waals surface area contributed by atoms with Crippen molar-refractivity contribution in [2.75, 3.05) is 0 Å². The highest BCUT2D eigenvalue weighted by atomic mass is 19.1. The van der Waals surface area contributed by atoms with Crippen molar-refractivity contribution in [2.24, 2.45) is 23.7 Å². The lowest BCUT2D eigenvalue weighted by Gasteiger charge is -2.57. The number of ether oxygens (including phenoxy) is 3. The van der Waals surface area contributed by atoms with E-state index in [-0.39, 0.29) is 30.2 Å². The predicted octanol–water partition coefficient (Wildman–Crippen LogP) is 3.57. The Morgan fingerprint density at radius 1 is 1.11 bits per heavy atom. The van der Waals surface area contributed by atoms with E-state index < -0.39 is 24.0 Å². The first-order chi connectivity index (χ1) is 13.2. The maximum Gasteiger partial charge on any atom is 0.193 e. The third-order valence-electron chi connectivity index (χ3n) is 7.11. The van der Waals surface area contributed by atoms with E-state index in [0.717, 1.165) is 18.4 Å². The van der Waals surface area contributed by atoms with Gasteiger partial charge in [-0.1, -0.05) is 26.0 Å². The standard InChI is InChI=1S/C22H31FO5/c1-13-4-9-18-14(2)19(26-12-15-5-7-16(23)8-6-15)27-20-22(18,25)17(13)10-11-21(3,24)28-20/h5-8,13-14,17-20,24-25H,4,9-12H2,1-3H3/t13-,14-,17?,18?,19?,20-,21-,22-/m1/s1. The van der Waals surface area contributed by atoms with Gasteiger partial charge in [0.15, 0.2) is 18.4 Å². The van der Waals surface area contributed by atoms with Crippen LogP contribution in [0.25, 0.3) is 0 Å². The minimum atomic E-state index is -1.34. The van der Waals surface area contributed by atoms with E-state index in [9.17, 15) is 14.6 Å². The van der Waals surface area contributed by atoms with Crippen molar-refractivity contribution in [3.8, 4) is 0 Å². The summed E-state index contributed by atoms with van der Waals surface area (Å²) in [5.41, 5.74) is -0.283. The van der Waals surface area contributed by atoms with Crippen molar-refractivity contribution in [1.82, 2.24) is 0 Å². The SMILES string of the molecule is C[C@H]1C(OCc2ccc(F)cc2)O[C@@H]2O[C@@](C)(O)CCC3[C@H](C)CCC1[C@]32O. The molecule has 1 aromatic rings. The van der Waals surface area contributed by atoms with Crippen LogP contribution in [0.15, 0.2) is 24.3 Å². The van der Waals surface area contributed by atoms with Gasteiger partial charge in [0.05, 0.1) is 6.61 Å². The Balaban J connectivity index is 1.57. The first-order valence-corrected chi connectivity index (χ1v) is 10.3. The molecule has 6 heteroatoms.